The zero-order valence-corrected chi connectivity index (χ0v) is 15.1. The number of carbonyl (C=O) groups is 2. The molecule has 2 N–H and O–H groups in total. The molecule has 2 amide bonds. The SMILES string of the molecule is Cc1[nH]c2ccc(-c3ccccc3)cc2c1CCNC(=O)CN(C)C=O. The van der Waals surface area contributed by atoms with Crippen LogP contribution in [0.4, 0.5) is 0 Å². The minimum atomic E-state index is -0.151. The Morgan fingerprint density at radius 1 is 1.15 bits per heavy atom. The zero-order valence-electron chi connectivity index (χ0n) is 15.1. The number of hydrogen-bond acceptors (Lipinski definition) is 2. The lowest BCUT2D eigenvalue weighted by Crippen LogP contribution is -2.35. The fourth-order valence-electron chi connectivity index (χ4n) is 3.16. The molecule has 3 aromatic rings. The van der Waals surface area contributed by atoms with E-state index < -0.39 is 0 Å². The fourth-order valence-corrected chi connectivity index (χ4v) is 3.16. The molecule has 26 heavy (non-hydrogen) atoms. The molecule has 5 heteroatoms. The van der Waals surface area contributed by atoms with Crippen LogP contribution >= 0.6 is 0 Å². The van der Waals surface area contributed by atoms with Gasteiger partial charge in [-0.2, -0.15) is 0 Å². The van der Waals surface area contributed by atoms with Gasteiger partial charge in [0, 0.05) is 30.2 Å². The second-order valence-electron chi connectivity index (χ2n) is 6.48. The molecule has 2 aromatic carbocycles. The van der Waals surface area contributed by atoms with E-state index in [9.17, 15) is 9.59 Å². The second kappa shape index (κ2) is 7.87. The number of aryl methyl sites for hydroxylation is 1. The Balaban J connectivity index is 1.76. The third kappa shape index (κ3) is 3.94. The van der Waals surface area contributed by atoms with Gasteiger partial charge in [0.05, 0.1) is 6.54 Å². The molecule has 0 aliphatic carbocycles. The topological polar surface area (TPSA) is 65.2 Å². The molecular weight excluding hydrogens is 326 g/mol. The molecule has 0 fully saturated rings. The summed E-state index contributed by atoms with van der Waals surface area (Å²) < 4.78 is 0. The zero-order chi connectivity index (χ0) is 18.5. The number of benzene rings is 2. The summed E-state index contributed by atoms with van der Waals surface area (Å²) in [5.74, 6) is -0.151. The molecule has 1 heterocycles. The van der Waals surface area contributed by atoms with Crippen molar-refractivity contribution in [3.8, 4) is 11.1 Å². The molecule has 3 rings (SSSR count). The Morgan fingerprint density at radius 2 is 1.92 bits per heavy atom. The van der Waals surface area contributed by atoms with E-state index in [1.165, 1.54) is 27.0 Å². The number of nitrogens with zero attached hydrogens (tertiary/aromatic N) is 1. The van der Waals surface area contributed by atoms with Gasteiger partial charge >= 0.3 is 0 Å². The van der Waals surface area contributed by atoms with Crippen LogP contribution in [0.5, 0.6) is 0 Å². The van der Waals surface area contributed by atoms with Crippen LogP contribution in [-0.2, 0) is 16.0 Å². The lowest BCUT2D eigenvalue weighted by molar-refractivity contribution is -0.127. The van der Waals surface area contributed by atoms with Crippen LogP contribution in [0.3, 0.4) is 0 Å². The third-order valence-corrected chi connectivity index (χ3v) is 4.50. The number of nitrogens with one attached hydrogen (secondary N) is 2. The summed E-state index contributed by atoms with van der Waals surface area (Å²) in [6.07, 6.45) is 1.38. The van der Waals surface area contributed by atoms with E-state index in [0.717, 1.165) is 17.6 Å². The van der Waals surface area contributed by atoms with Crippen molar-refractivity contribution in [3.05, 3.63) is 59.8 Å². The van der Waals surface area contributed by atoms with Crippen molar-refractivity contribution in [1.82, 2.24) is 15.2 Å². The van der Waals surface area contributed by atoms with Crippen LogP contribution in [0, 0.1) is 6.92 Å². The maximum absolute atomic E-state index is 11.8. The van der Waals surface area contributed by atoms with Crippen LogP contribution < -0.4 is 5.32 Å². The van der Waals surface area contributed by atoms with E-state index in [1.807, 2.05) is 18.2 Å². The molecule has 134 valence electrons. The van der Waals surface area contributed by atoms with Crippen molar-refractivity contribution in [2.75, 3.05) is 20.1 Å². The van der Waals surface area contributed by atoms with Gasteiger partial charge in [-0.1, -0.05) is 36.4 Å². The minimum Gasteiger partial charge on any atom is -0.358 e. The first-order chi connectivity index (χ1) is 12.6. The van der Waals surface area contributed by atoms with Crippen molar-refractivity contribution in [3.63, 3.8) is 0 Å². The molecular formula is C21H23N3O2. The average molecular weight is 349 g/mol. The highest BCUT2D eigenvalue weighted by atomic mass is 16.2. The number of aromatic nitrogens is 1. The maximum Gasteiger partial charge on any atom is 0.239 e. The normalized spacial score (nSPS) is 10.7. The van der Waals surface area contributed by atoms with E-state index in [0.29, 0.717) is 13.0 Å². The number of fused-ring (bicyclic) bond motifs is 1. The first-order valence-electron chi connectivity index (χ1n) is 8.67. The number of rotatable bonds is 7. The Hall–Kier alpha value is -3.08. The van der Waals surface area contributed by atoms with Gasteiger partial charge in [0.1, 0.15) is 0 Å². The van der Waals surface area contributed by atoms with Gasteiger partial charge in [0.25, 0.3) is 0 Å². The van der Waals surface area contributed by atoms with Crippen molar-refractivity contribution in [2.24, 2.45) is 0 Å². The molecule has 1 aromatic heterocycles. The summed E-state index contributed by atoms with van der Waals surface area (Å²) in [4.78, 5) is 27.1. The van der Waals surface area contributed by atoms with Crippen molar-refractivity contribution in [1.29, 1.82) is 0 Å². The predicted octanol–water partition coefficient (Wildman–Crippen LogP) is 2.89. The van der Waals surface area contributed by atoms with Crippen LogP contribution in [0.1, 0.15) is 11.3 Å². The van der Waals surface area contributed by atoms with Crippen molar-refractivity contribution >= 4 is 23.2 Å². The van der Waals surface area contributed by atoms with Crippen LogP contribution in [0.25, 0.3) is 22.0 Å². The summed E-state index contributed by atoms with van der Waals surface area (Å²) in [5, 5.41) is 4.05. The molecule has 0 radical (unpaired) electrons. The number of amides is 2. The number of hydrogen-bond donors (Lipinski definition) is 2. The van der Waals surface area contributed by atoms with Gasteiger partial charge < -0.3 is 15.2 Å². The summed E-state index contributed by atoms with van der Waals surface area (Å²) in [7, 11) is 1.58. The van der Waals surface area contributed by atoms with Gasteiger partial charge in [-0.3, -0.25) is 9.59 Å². The number of likely N-dealkylation sites (N-methyl/N-ethyl adjacent to an activating group) is 1. The lowest BCUT2D eigenvalue weighted by Gasteiger charge is -2.10. The molecule has 0 spiro atoms. The van der Waals surface area contributed by atoms with Crippen molar-refractivity contribution < 1.29 is 9.59 Å². The fraction of sp³-hybridized carbons (Fsp3) is 0.238. The van der Waals surface area contributed by atoms with Gasteiger partial charge in [0.2, 0.25) is 12.3 Å². The molecule has 0 bridgehead atoms. The first kappa shape index (κ1) is 17.7. The standard InChI is InChI=1S/C21H23N3O2/c1-15-18(10-11-22-21(26)13-24(2)14-25)19-12-17(8-9-20(19)23-15)16-6-4-3-5-7-16/h3-9,12,14,23H,10-11,13H2,1-2H3,(H,22,26). The molecule has 0 atom stereocenters. The van der Waals surface area contributed by atoms with Crippen LogP contribution in [0.15, 0.2) is 48.5 Å². The van der Waals surface area contributed by atoms with E-state index in [-0.39, 0.29) is 12.5 Å². The van der Waals surface area contributed by atoms with Gasteiger partial charge in [0.15, 0.2) is 0 Å². The number of aromatic amines is 1. The summed E-state index contributed by atoms with van der Waals surface area (Å²) in [6.45, 7) is 2.67. The van der Waals surface area contributed by atoms with Crippen LogP contribution in [0.2, 0.25) is 0 Å². The Kier molecular flexibility index (Phi) is 5.37. The molecule has 5 nitrogen and oxygen atoms in total. The minimum absolute atomic E-state index is 0.0779. The van der Waals surface area contributed by atoms with E-state index >= 15 is 0 Å². The van der Waals surface area contributed by atoms with Gasteiger partial charge in [-0.25, -0.2) is 0 Å². The molecule has 0 saturated carbocycles. The van der Waals surface area contributed by atoms with E-state index in [1.54, 1.807) is 7.05 Å². The average Bonchev–Trinajstić information content (AvgIpc) is 2.97. The lowest BCUT2D eigenvalue weighted by atomic mass is 10.0. The Labute approximate surface area is 153 Å². The molecule has 0 aliphatic rings. The maximum atomic E-state index is 11.8. The second-order valence-corrected chi connectivity index (χ2v) is 6.48. The first-order valence-corrected chi connectivity index (χ1v) is 8.67. The Morgan fingerprint density at radius 3 is 2.65 bits per heavy atom. The number of carbonyl (C=O) groups excluding carboxylic acids is 2. The van der Waals surface area contributed by atoms with Crippen molar-refractivity contribution in [2.45, 2.75) is 13.3 Å². The molecule has 0 saturated heterocycles. The number of H-pyrrole nitrogens is 1. The van der Waals surface area contributed by atoms with E-state index in [2.05, 4.69) is 47.6 Å². The van der Waals surface area contributed by atoms with E-state index in [4.69, 9.17) is 0 Å². The van der Waals surface area contributed by atoms with Gasteiger partial charge in [-0.05, 0) is 42.2 Å². The highest BCUT2D eigenvalue weighted by molar-refractivity contribution is 5.89. The summed E-state index contributed by atoms with van der Waals surface area (Å²) in [6, 6.07) is 16.7. The predicted molar refractivity (Wildman–Crippen MR) is 104 cm³/mol. The smallest absolute Gasteiger partial charge is 0.239 e. The quantitative estimate of drug-likeness (QED) is 0.644. The molecule has 0 unspecified atom stereocenters. The summed E-state index contributed by atoms with van der Waals surface area (Å²) >= 11 is 0. The van der Waals surface area contributed by atoms with Gasteiger partial charge in [-0.15, -0.1) is 0 Å². The summed E-state index contributed by atoms with van der Waals surface area (Å²) in [5.41, 5.74) is 5.79. The van der Waals surface area contributed by atoms with Crippen LogP contribution in [-0.4, -0.2) is 42.3 Å². The Bertz CT molecular complexity index is 916. The highest BCUT2D eigenvalue weighted by Crippen LogP contribution is 2.28. The highest BCUT2D eigenvalue weighted by Gasteiger charge is 2.11. The monoisotopic (exact) mass is 349 g/mol. The third-order valence-electron chi connectivity index (χ3n) is 4.50. The largest absolute Gasteiger partial charge is 0.358 e. The molecule has 0 aliphatic heterocycles.